The van der Waals surface area contributed by atoms with Gasteiger partial charge in [0, 0.05) is 11.5 Å². The average Bonchev–Trinajstić information content (AvgIpc) is 2.12. The van der Waals surface area contributed by atoms with Crippen molar-refractivity contribution in [2.45, 2.75) is 6.92 Å². The van der Waals surface area contributed by atoms with Gasteiger partial charge in [0.2, 0.25) is 0 Å². The summed E-state index contributed by atoms with van der Waals surface area (Å²) in [6.07, 6.45) is 0. The van der Waals surface area contributed by atoms with Crippen molar-refractivity contribution in [2.75, 3.05) is 6.61 Å². The van der Waals surface area contributed by atoms with Crippen LogP contribution in [0, 0.1) is 5.92 Å². The van der Waals surface area contributed by atoms with Crippen LogP contribution in [0.5, 0.6) is 5.75 Å². The number of ether oxygens (including phenoxy) is 1. The smallest absolute Gasteiger partial charge is 0.126 e. The van der Waals surface area contributed by atoms with Crippen LogP contribution in [0.3, 0.4) is 0 Å². The summed E-state index contributed by atoms with van der Waals surface area (Å²) in [5, 5.41) is 0. The van der Waals surface area contributed by atoms with Gasteiger partial charge in [-0.2, -0.15) is 0 Å². The van der Waals surface area contributed by atoms with Crippen LogP contribution in [0.1, 0.15) is 12.5 Å². The molecule has 1 nitrogen and oxygen atoms in total. The van der Waals surface area contributed by atoms with Crippen LogP contribution in [-0.4, -0.2) is 6.61 Å². The van der Waals surface area contributed by atoms with Gasteiger partial charge in [-0.25, -0.2) is 0 Å². The van der Waals surface area contributed by atoms with E-state index in [1.54, 1.807) is 0 Å². The molecule has 0 saturated carbocycles. The predicted octanol–water partition coefficient (Wildman–Crippen LogP) is 2.73. The first-order chi connectivity index (χ1) is 5.79. The molecular weight excluding hydrogens is 148 g/mol. The highest BCUT2D eigenvalue weighted by Gasteiger charge is 2.18. The zero-order valence-corrected chi connectivity index (χ0v) is 7.21. The molecule has 0 amide bonds. The highest BCUT2D eigenvalue weighted by atomic mass is 16.5. The third-order valence-electron chi connectivity index (χ3n) is 2.32. The van der Waals surface area contributed by atoms with E-state index in [9.17, 15) is 0 Å². The summed E-state index contributed by atoms with van der Waals surface area (Å²) < 4.78 is 5.55. The second-order valence-electron chi connectivity index (χ2n) is 3.23. The zero-order valence-electron chi connectivity index (χ0n) is 7.21. The Kier molecular flexibility index (Phi) is 1.65. The van der Waals surface area contributed by atoms with Crippen molar-refractivity contribution < 1.29 is 4.74 Å². The topological polar surface area (TPSA) is 9.23 Å². The fraction of sp³-hybridized carbons (Fsp3) is 0.273. The Morgan fingerprint density at radius 2 is 2.17 bits per heavy atom. The molecule has 0 radical (unpaired) electrons. The third-order valence-corrected chi connectivity index (χ3v) is 2.32. The molecule has 0 unspecified atom stereocenters. The quantitative estimate of drug-likeness (QED) is 0.567. The summed E-state index contributed by atoms with van der Waals surface area (Å²) in [4.78, 5) is 0. The van der Waals surface area contributed by atoms with Gasteiger partial charge in [0.25, 0.3) is 0 Å². The maximum absolute atomic E-state index is 5.55. The van der Waals surface area contributed by atoms with Crippen molar-refractivity contribution in [3.63, 3.8) is 0 Å². The second-order valence-corrected chi connectivity index (χ2v) is 3.23. The molecule has 0 fully saturated rings. The average molecular weight is 160 g/mol. The first-order valence-corrected chi connectivity index (χ1v) is 4.20. The van der Waals surface area contributed by atoms with E-state index in [1.165, 1.54) is 5.57 Å². The molecule has 0 aliphatic carbocycles. The van der Waals surface area contributed by atoms with E-state index in [-0.39, 0.29) is 0 Å². The van der Waals surface area contributed by atoms with E-state index < -0.39 is 0 Å². The van der Waals surface area contributed by atoms with E-state index >= 15 is 0 Å². The van der Waals surface area contributed by atoms with Crippen LogP contribution >= 0.6 is 0 Å². The van der Waals surface area contributed by atoms with Crippen LogP contribution in [0.25, 0.3) is 5.57 Å². The lowest BCUT2D eigenvalue weighted by molar-refractivity contribution is 0.276. The summed E-state index contributed by atoms with van der Waals surface area (Å²) >= 11 is 0. The molecule has 1 heteroatoms. The minimum Gasteiger partial charge on any atom is -0.492 e. The predicted molar refractivity (Wildman–Crippen MR) is 50.1 cm³/mol. The first-order valence-electron chi connectivity index (χ1n) is 4.20. The van der Waals surface area contributed by atoms with Crippen LogP contribution < -0.4 is 4.74 Å². The van der Waals surface area contributed by atoms with Crippen LogP contribution in [0.15, 0.2) is 30.8 Å². The molecule has 1 aliphatic heterocycles. The lowest BCUT2D eigenvalue weighted by Crippen LogP contribution is -2.16. The molecule has 0 bridgehead atoms. The molecule has 1 heterocycles. The van der Waals surface area contributed by atoms with Gasteiger partial charge < -0.3 is 4.74 Å². The van der Waals surface area contributed by atoms with E-state index in [4.69, 9.17) is 4.74 Å². The van der Waals surface area contributed by atoms with E-state index in [0.29, 0.717) is 5.92 Å². The Labute approximate surface area is 72.7 Å². The van der Waals surface area contributed by atoms with Gasteiger partial charge >= 0.3 is 0 Å². The van der Waals surface area contributed by atoms with E-state index in [0.717, 1.165) is 17.9 Å². The van der Waals surface area contributed by atoms with Crippen molar-refractivity contribution in [3.8, 4) is 5.75 Å². The third kappa shape index (κ3) is 1.02. The lowest BCUT2D eigenvalue weighted by atomic mass is 9.93. The largest absolute Gasteiger partial charge is 0.492 e. The first kappa shape index (κ1) is 7.41. The van der Waals surface area contributed by atoms with Crippen molar-refractivity contribution >= 4 is 5.57 Å². The zero-order chi connectivity index (χ0) is 8.55. The Morgan fingerprint density at radius 1 is 1.42 bits per heavy atom. The number of rotatable bonds is 0. The molecular formula is C11H12O. The second kappa shape index (κ2) is 2.67. The summed E-state index contributed by atoms with van der Waals surface area (Å²) in [7, 11) is 0. The summed E-state index contributed by atoms with van der Waals surface area (Å²) in [5.74, 6) is 1.42. The molecule has 0 N–H and O–H groups in total. The number of hydrogen-bond donors (Lipinski definition) is 0. The molecule has 1 aromatic rings. The molecule has 1 aromatic carbocycles. The summed E-state index contributed by atoms with van der Waals surface area (Å²) in [5.41, 5.74) is 2.35. The number of para-hydroxylation sites is 1. The van der Waals surface area contributed by atoms with Crippen molar-refractivity contribution in [1.29, 1.82) is 0 Å². The highest BCUT2D eigenvalue weighted by Crippen LogP contribution is 2.34. The maximum atomic E-state index is 5.55. The fourth-order valence-electron chi connectivity index (χ4n) is 1.44. The summed E-state index contributed by atoms with van der Waals surface area (Å²) in [6.45, 7) is 6.95. The van der Waals surface area contributed by atoms with Crippen molar-refractivity contribution in [2.24, 2.45) is 5.92 Å². The normalized spacial score (nSPS) is 21.4. The van der Waals surface area contributed by atoms with Gasteiger partial charge in [0.1, 0.15) is 5.75 Å². The number of fused-ring (bicyclic) bond motifs is 1. The van der Waals surface area contributed by atoms with Gasteiger partial charge in [-0.05, 0) is 11.6 Å². The minimum absolute atomic E-state index is 0.444. The summed E-state index contributed by atoms with van der Waals surface area (Å²) in [6, 6.07) is 8.06. The highest BCUT2D eigenvalue weighted by molar-refractivity contribution is 5.71. The standard InChI is InChI=1S/C11H12O/c1-8-7-12-11-6-4-3-5-10(11)9(8)2/h3-6,8H,2,7H2,1H3/t8-/m1/s1. The van der Waals surface area contributed by atoms with E-state index in [1.807, 2.05) is 18.2 Å². The Bertz CT molecular complexity index is 315. The van der Waals surface area contributed by atoms with Crippen LogP contribution in [0.4, 0.5) is 0 Å². The SMILES string of the molecule is C=C1c2ccccc2OC[C@H]1C. The molecule has 2 rings (SSSR count). The van der Waals surface area contributed by atoms with Crippen LogP contribution in [0.2, 0.25) is 0 Å². The Balaban J connectivity index is 2.49. The molecule has 1 atom stereocenters. The lowest BCUT2D eigenvalue weighted by Gasteiger charge is -2.24. The Hall–Kier alpha value is -1.24. The molecule has 0 spiro atoms. The van der Waals surface area contributed by atoms with Gasteiger partial charge in [-0.1, -0.05) is 31.7 Å². The van der Waals surface area contributed by atoms with Gasteiger partial charge in [-0.3, -0.25) is 0 Å². The molecule has 12 heavy (non-hydrogen) atoms. The molecule has 1 aliphatic rings. The van der Waals surface area contributed by atoms with Crippen molar-refractivity contribution in [1.82, 2.24) is 0 Å². The number of hydrogen-bond acceptors (Lipinski definition) is 1. The molecule has 0 saturated heterocycles. The fourth-order valence-corrected chi connectivity index (χ4v) is 1.44. The molecule has 0 aromatic heterocycles. The minimum atomic E-state index is 0.444. The van der Waals surface area contributed by atoms with Gasteiger partial charge in [0.05, 0.1) is 6.61 Å². The Morgan fingerprint density at radius 3 is 3.00 bits per heavy atom. The van der Waals surface area contributed by atoms with E-state index in [2.05, 4.69) is 19.6 Å². The number of benzene rings is 1. The van der Waals surface area contributed by atoms with Crippen LogP contribution in [-0.2, 0) is 0 Å². The monoisotopic (exact) mass is 160 g/mol. The van der Waals surface area contributed by atoms with Gasteiger partial charge in [-0.15, -0.1) is 0 Å². The maximum Gasteiger partial charge on any atom is 0.126 e. The van der Waals surface area contributed by atoms with Crippen molar-refractivity contribution in [3.05, 3.63) is 36.4 Å². The van der Waals surface area contributed by atoms with Gasteiger partial charge in [0.15, 0.2) is 0 Å². The molecule has 62 valence electrons.